The summed E-state index contributed by atoms with van der Waals surface area (Å²) >= 11 is 12.3. The second-order valence-corrected chi connectivity index (χ2v) is 6.38. The van der Waals surface area contributed by atoms with Gasteiger partial charge in [-0.1, -0.05) is 23.2 Å². The highest BCUT2D eigenvalue weighted by Crippen LogP contribution is 2.31. The molecule has 1 aliphatic carbocycles. The normalized spacial score (nSPS) is 13.2. The first kappa shape index (κ1) is 16.3. The Labute approximate surface area is 144 Å². The Kier molecular flexibility index (Phi) is 4.90. The molecule has 1 aromatic carbocycles. The van der Waals surface area contributed by atoms with E-state index < -0.39 is 0 Å². The summed E-state index contributed by atoms with van der Waals surface area (Å²) in [5, 5.41) is 8.48. The van der Waals surface area contributed by atoms with E-state index in [1.54, 1.807) is 16.8 Å². The van der Waals surface area contributed by atoms with Crippen molar-refractivity contribution < 1.29 is 4.79 Å². The second kappa shape index (κ2) is 6.91. The summed E-state index contributed by atoms with van der Waals surface area (Å²) in [6.45, 7) is 1.10. The van der Waals surface area contributed by atoms with Crippen LogP contribution in [0.25, 0.3) is 5.69 Å². The number of fused-ring (bicyclic) bond motifs is 1. The van der Waals surface area contributed by atoms with E-state index >= 15 is 0 Å². The molecule has 0 radical (unpaired) electrons. The van der Waals surface area contributed by atoms with Crippen LogP contribution in [-0.4, -0.2) is 28.8 Å². The van der Waals surface area contributed by atoms with Crippen LogP contribution in [0.5, 0.6) is 0 Å². The maximum Gasteiger partial charge on any atom is 0.272 e. The molecule has 0 unspecified atom stereocenters. The van der Waals surface area contributed by atoms with E-state index in [9.17, 15) is 4.79 Å². The van der Waals surface area contributed by atoms with Crippen molar-refractivity contribution in [1.82, 2.24) is 15.1 Å². The van der Waals surface area contributed by atoms with Crippen molar-refractivity contribution in [2.75, 3.05) is 13.1 Å². The topological polar surface area (TPSA) is 72.9 Å². The van der Waals surface area contributed by atoms with Crippen molar-refractivity contribution in [3.63, 3.8) is 0 Å². The predicted octanol–water partition coefficient (Wildman–Crippen LogP) is 2.75. The van der Waals surface area contributed by atoms with E-state index in [4.69, 9.17) is 28.9 Å². The number of amides is 1. The Hall–Kier alpha value is -1.56. The van der Waals surface area contributed by atoms with Crippen LogP contribution in [-0.2, 0) is 12.8 Å². The molecule has 1 heterocycles. The molecule has 3 N–H and O–H groups in total. The van der Waals surface area contributed by atoms with Crippen LogP contribution in [0.3, 0.4) is 0 Å². The highest BCUT2D eigenvalue weighted by molar-refractivity contribution is 6.35. The molecule has 122 valence electrons. The summed E-state index contributed by atoms with van der Waals surface area (Å²) in [5.74, 6) is -0.152. The number of nitrogens with zero attached hydrogens (tertiary/aromatic N) is 2. The molecule has 1 aliphatic rings. The van der Waals surface area contributed by atoms with E-state index in [0.717, 1.165) is 42.6 Å². The fourth-order valence-electron chi connectivity index (χ4n) is 2.86. The van der Waals surface area contributed by atoms with Crippen molar-refractivity contribution in [2.24, 2.45) is 5.73 Å². The SMILES string of the molecule is NCCCNC(=O)c1nn(-c2ccc(Cl)cc2Cl)c2c1CCC2. The van der Waals surface area contributed by atoms with Crippen LogP contribution in [0, 0.1) is 0 Å². The minimum atomic E-state index is -0.152. The Balaban J connectivity index is 1.97. The molecule has 0 atom stereocenters. The molecule has 7 heteroatoms. The molecular weight excluding hydrogens is 335 g/mol. The highest BCUT2D eigenvalue weighted by atomic mass is 35.5. The molecule has 0 aliphatic heterocycles. The fourth-order valence-corrected chi connectivity index (χ4v) is 3.35. The first-order valence-corrected chi connectivity index (χ1v) is 8.42. The summed E-state index contributed by atoms with van der Waals surface area (Å²) < 4.78 is 1.78. The zero-order chi connectivity index (χ0) is 16.4. The summed E-state index contributed by atoms with van der Waals surface area (Å²) in [4.78, 5) is 12.4. The molecule has 0 bridgehead atoms. The minimum absolute atomic E-state index is 0.152. The van der Waals surface area contributed by atoms with Gasteiger partial charge in [0.1, 0.15) is 0 Å². The van der Waals surface area contributed by atoms with E-state index in [1.165, 1.54) is 0 Å². The van der Waals surface area contributed by atoms with E-state index in [1.807, 2.05) is 6.07 Å². The molecule has 2 aromatic rings. The third kappa shape index (κ3) is 3.22. The van der Waals surface area contributed by atoms with Gasteiger partial charge in [-0.05, 0) is 50.4 Å². The average molecular weight is 353 g/mol. The van der Waals surface area contributed by atoms with E-state index in [2.05, 4.69) is 10.4 Å². The first-order chi connectivity index (χ1) is 11.1. The third-order valence-electron chi connectivity index (χ3n) is 3.95. The van der Waals surface area contributed by atoms with Gasteiger partial charge >= 0.3 is 0 Å². The van der Waals surface area contributed by atoms with Crippen molar-refractivity contribution in [3.8, 4) is 5.69 Å². The number of benzene rings is 1. The van der Waals surface area contributed by atoms with Crippen LogP contribution >= 0.6 is 23.2 Å². The van der Waals surface area contributed by atoms with E-state index in [0.29, 0.717) is 28.8 Å². The van der Waals surface area contributed by atoms with Gasteiger partial charge in [0.15, 0.2) is 5.69 Å². The number of halogens is 2. The largest absolute Gasteiger partial charge is 0.351 e. The summed E-state index contributed by atoms with van der Waals surface area (Å²) in [6.07, 6.45) is 3.51. The van der Waals surface area contributed by atoms with Gasteiger partial charge in [-0.2, -0.15) is 5.10 Å². The number of carbonyl (C=O) groups is 1. The van der Waals surface area contributed by atoms with Gasteiger partial charge in [0.2, 0.25) is 0 Å². The van der Waals surface area contributed by atoms with Crippen LogP contribution in [0.15, 0.2) is 18.2 Å². The van der Waals surface area contributed by atoms with E-state index in [-0.39, 0.29) is 5.91 Å². The maximum atomic E-state index is 12.4. The number of nitrogens with one attached hydrogen (secondary N) is 1. The van der Waals surface area contributed by atoms with Gasteiger partial charge in [-0.3, -0.25) is 4.79 Å². The molecular formula is C16H18Cl2N4O. The molecule has 0 fully saturated rings. The lowest BCUT2D eigenvalue weighted by atomic mass is 10.2. The van der Waals surface area contributed by atoms with Gasteiger partial charge in [0.25, 0.3) is 5.91 Å². The Morgan fingerprint density at radius 1 is 1.35 bits per heavy atom. The molecule has 1 amide bonds. The van der Waals surface area contributed by atoms with Gasteiger partial charge in [0, 0.05) is 22.8 Å². The second-order valence-electron chi connectivity index (χ2n) is 5.53. The number of carbonyl (C=O) groups excluding carboxylic acids is 1. The molecule has 1 aromatic heterocycles. The summed E-state index contributed by atoms with van der Waals surface area (Å²) in [7, 11) is 0. The predicted molar refractivity (Wildman–Crippen MR) is 91.6 cm³/mol. The lowest BCUT2D eigenvalue weighted by Gasteiger charge is -2.08. The maximum absolute atomic E-state index is 12.4. The molecule has 0 saturated carbocycles. The zero-order valence-electron chi connectivity index (χ0n) is 12.6. The molecule has 0 spiro atoms. The van der Waals surface area contributed by atoms with Crippen molar-refractivity contribution in [2.45, 2.75) is 25.7 Å². The van der Waals surface area contributed by atoms with Crippen LogP contribution < -0.4 is 11.1 Å². The number of rotatable bonds is 5. The summed E-state index contributed by atoms with van der Waals surface area (Å²) in [6, 6.07) is 5.28. The lowest BCUT2D eigenvalue weighted by molar-refractivity contribution is 0.0947. The monoisotopic (exact) mass is 352 g/mol. The Bertz CT molecular complexity index is 742. The molecule has 23 heavy (non-hydrogen) atoms. The third-order valence-corrected chi connectivity index (χ3v) is 4.49. The van der Waals surface area contributed by atoms with Gasteiger partial charge in [-0.15, -0.1) is 0 Å². The van der Waals surface area contributed by atoms with Gasteiger partial charge < -0.3 is 11.1 Å². The van der Waals surface area contributed by atoms with Crippen molar-refractivity contribution in [1.29, 1.82) is 0 Å². The van der Waals surface area contributed by atoms with Crippen molar-refractivity contribution >= 4 is 29.1 Å². The highest BCUT2D eigenvalue weighted by Gasteiger charge is 2.27. The number of hydrogen-bond acceptors (Lipinski definition) is 3. The number of hydrogen-bond donors (Lipinski definition) is 2. The average Bonchev–Trinajstić information content (AvgIpc) is 3.10. The lowest BCUT2D eigenvalue weighted by Crippen LogP contribution is -2.27. The van der Waals surface area contributed by atoms with Crippen LogP contribution in [0.1, 0.15) is 34.6 Å². The Morgan fingerprint density at radius 3 is 2.91 bits per heavy atom. The van der Waals surface area contributed by atoms with Crippen LogP contribution in [0.2, 0.25) is 10.0 Å². The smallest absolute Gasteiger partial charge is 0.272 e. The molecule has 5 nitrogen and oxygen atoms in total. The van der Waals surface area contributed by atoms with Gasteiger partial charge in [0.05, 0.1) is 10.7 Å². The number of aromatic nitrogens is 2. The standard InChI is InChI=1S/C16H18Cl2N4O/c17-10-5-6-14(12(18)9-10)22-13-4-1-3-11(13)15(21-22)16(23)20-8-2-7-19/h5-6,9H,1-4,7-8,19H2,(H,20,23). The van der Waals surface area contributed by atoms with Crippen LogP contribution in [0.4, 0.5) is 0 Å². The zero-order valence-corrected chi connectivity index (χ0v) is 14.1. The quantitative estimate of drug-likeness (QED) is 0.812. The van der Waals surface area contributed by atoms with Crippen molar-refractivity contribution in [3.05, 3.63) is 45.2 Å². The first-order valence-electron chi connectivity index (χ1n) is 7.66. The summed E-state index contributed by atoms with van der Waals surface area (Å²) in [5.41, 5.74) is 8.76. The Morgan fingerprint density at radius 2 is 2.17 bits per heavy atom. The number of nitrogens with two attached hydrogens (primary N) is 1. The molecule has 0 saturated heterocycles. The molecule has 3 rings (SSSR count). The minimum Gasteiger partial charge on any atom is -0.351 e. The fraction of sp³-hybridized carbons (Fsp3) is 0.375. The van der Waals surface area contributed by atoms with Gasteiger partial charge in [-0.25, -0.2) is 4.68 Å².